The molecule has 0 spiro atoms. The van der Waals surface area contributed by atoms with Gasteiger partial charge in [-0.2, -0.15) is 0 Å². The zero-order valence-electron chi connectivity index (χ0n) is 10.8. The van der Waals surface area contributed by atoms with E-state index in [0.717, 1.165) is 11.3 Å². The number of Topliss-reactive ketones (excluding diaryl/α,β-unsaturated/α-hetero) is 1. The third-order valence-electron chi connectivity index (χ3n) is 2.84. The predicted octanol–water partition coefficient (Wildman–Crippen LogP) is 4.41. The highest BCUT2D eigenvalue weighted by molar-refractivity contribution is 6.30. The van der Waals surface area contributed by atoms with Crippen molar-refractivity contribution in [2.75, 3.05) is 5.32 Å². The molecule has 1 unspecified atom stereocenters. The Morgan fingerprint density at radius 1 is 1.11 bits per heavy atom. The van der Waals surface area contributed by atoms with Crippen molar-refractivity contribution in [1.29, 1.82) is 0 Å². The first-order valence-corrected chi connectivity index (χ1v) is 6.63. The van der Waals surface area contributed by atoms with Gasteiger partial charge in [0.1, 0.15) is 0 Å². The molecule has 0 heterocycles. The van der Waals surface area contributed by atoms with E-state index < -0.39 is 0 Å². The van der Waals surface area contributed by atoms with Crippen LogP contribution in [0.25, 0.3) is 0 Å². The lowest BCUT2D eigenvalue weighted by atomic mass is 10.0. The second-order valence-electron chi connectivity index (χ2n) is 4.55. The van der Waals surface area contributed by atoms with Crippen LogP contribution in [0.15, 0.2) is 54.6 Å². The zero-order valence-corrected chi connectivity index (χ0v) is 11.5. The number of benzene rings is 2. The number of anilines is 1. The van der Waals surface area contributed by atoms with Gasteiger partial charge in [0.05, 0.1) is 0 Å². The van der Waals surface area contributed by atoms with E-state index in [1.54, 1.807) is 0 Å². The highest BCUT2D eigenvalue weighted by atomic mass is 35.5. The van der Waals surface area contributed by atoms with Gasteiger partial charge in [0.15, 0.2) is 5.78 Å². The second-order valence-corrected chi connectivity index (χ2v) is 4.98. The van der Waals surface area contributed by atoms with Gasteiger partial charge in [-0.3, -0.25) is 4.79 Å². The third kappa shape index (κ3) is 4.11. The van der Waals surface area contributed by atoms with Crippen LogP contribution < -0.4 is 5.32 Å². The monoisotopic (exact) mass is 273 g/mol. The molecule has 0 radical (unpaired) electrons. The Morgan fingerprint density at radius 3 is 2.37 bits per heavy atom. The fourth-order valence-corrected chi connectivity index (χ4v) is 2.03. The summed E-state index contributed by atoms with van der Waals surface area (Å²) in [5.74, 6) is 0.148. The maximum Gasteiger partial charge on any atom is 0.164 e. The highest BCUT2D eigenvalue weighted by Gasteiger charge is 2.10. The quantitative estimate of drug-likeness (QED) is 0.818. The van der Waals surface area contributed by atoms with E-state index in [4.69, 9.17) is 11.6 Å². The van der Waals surface area contributed by atoms with Gasteiger partial charge in [-0.25, -0.2) is 0 Å². The van der Waals surface area contributed by atoms with Gasteiger partial charge in [-0.1, -0.05) is 41.9 Å². The van der Waals surface area contributed by atoms with Crippen LogP contribution in [0.3, 0.4) is 0 Å². The van der Waals surface area contributed by atoms with E-state index >= 15 is 0 Å². The Balaban J connectivity index is 1.92. The van der Waals surface area contributed by atoms with E-state index in [0.29, 0.717) is 11.4 Å². The Morgan fingerprint density at radius 2 is 1.74 bits per heavy atom. The number of carbonyl (C=O) groups excluding carboxylic acids is 1. The summed E-state index contributed by atoms with van der Waals surface area (Å²) in [7, 11) is 0. The third-order valence-corrected chi connectivity index (χ3v) is 3.10. The molecule has 98 valence electrons. The maximum atomic E-state index is 12.0. The first-order valence-electron chi connectivity index (χ1n) is 6.25. The van der Waals surface area contributed by atoms with Crippen molar-refractivity contribution < 1.29 is 4.79 Å². The molecule has 2 nitrogen and oxygen atoms in total. The number of nitrogens with one attached hydrogen (secondary N) is 1. The minimum atomic E-state index is 0.0777. The molecule has 0 fully saturated rings. The first-order chi connectivity index (χ1) is 9.15. The van der Waals surface area contributed by atoms with Crippen LogP contribution in [0.4, 0.5) is 5.69 Å². The molecule has 0 aromatic heterocycles. The van der Waals surface area contributed by atoms with Gasteiger partial charge in [0, 0.05) is 28.7 Å². The van der Waals surface area contributed by atoms with Crippen LogP contribution in [-0.2, 0) is 0 Å². The van der Waals surface area contributed by atoms with Crippen molar-refractivity contribution in [2.45, 2.75) is 19.4 Å². The molecule has 2 aromatic rings. The van der Waals surface area contributed by atoms with Crippen LogP contribution >= 0.6 is 11.6 Å². The maximum absolute atomic E-state index is 12.0. The summed E-state index contributed by atoms with van der Waals surface area (Å²) in [6, 6.07) is 16.9. The number of ketones is 1. The van der Waals surface area contributed by atoms with Crippen molar-refractivity contribution in [3.8, 4) is 0 Å². The van der Waals surface area contributed by atoms with Crippen molar-refractivity contribution in [1.82, 2.24) is 0 Å². The van der Waals surface area contributed by atoms with Crippen LogP contribution in [0.2, 0.25) is 5.02 Å². The molecular formula is C16H16ClNO. The van der Waals surface area contributed by atoms with Crippen LogP contribution in [0, 0.1) is 0 Å². The molecule has 19 heavy (non-hydrogen) atoms. The predicted molar refractivity (Wildman–Crippen MR) is 79.9 cm³/mol. The summed E-state index contributed by atoms with van der Waals surface area (Å²) >= 11 is 5.83. The molecule has 2 aromatic carbocycles. The van der Waals surface area contributed by atoms with Gasteiger partial charge in [-0.05, 0) is 31.2 Å². The van der Waals surface area contributed by atoms with E-state index in [-0.39, 0.29) is 11.8 Å². The SMILES string of the molecule is CC(CC(=O)c1ccccc1)Nc1ccc(Cl)cc1. The molecule has 3 heteroatoms. The number of hydrogen-bond acceptors (Lipinski definition) is 2. The molecule has 2 rings (SSSR count). The van der Waals surface area contributed by atoms with E-state index in [2.05, 4.69) is 5.32 Å². The second kappa shape index (κ2) is 6.39. The largest absolute Gasteiger partial charge is 0.382 e. The van der Waals surface area contributed by atoms with Gasteiger partial charge in [0.25, 0.3) is 0 Å². The summed E-state index contributed by atoms with van der Waals surface area (Å²) in [4.78, 5) is 12.0. The standard InChI is InChI=1S/C16H16ClNO/c1-12(18-15-9-7-14(17)8-10-15)11-16(19)13-5-3-2-4-6-13/h2-10,12,18H,11H2,1H3. The topological polar surface area (TPSA) is 29.1 Å². The number of hydrogen-bond donors (Lipinski definition) is 1. The minimum Gasteiger partial charge on any atom is -0.382 e. The fourth-order valence-electron chi connectivity index (χ4n) is 1.90. The zero-order chi connectivity index (χ0) is 13.7. The van der Waals surface area contributed by atoms with E-state index in [9.17, 15) is 4.79 Å². The summed E-state index contributed by atoms with van der Waals surface area (Å²) in [6.45, 7) is 2.00. The summed E-state index contributed by atoms with van der Waals surface area (Å²) in [5, 5.41) is 4.00. The lowest BCUT2D eigenvalue weighted by Crippen LogP contribution is -2.19. The molecule has 0 saturated heterocycles. The molecule has 1 N–H and O–H groups in total. The van der Waals surface area contributed by atoms with Gasteiger partial charge >= 0.3 is 0 Å². The van der Waals surface area contributed by atoms with Gasteiger partial charge < -0.3 is 5.32 Å². The van der Waals surface area contributed by atoms with Crippen molar-refractivity contribution in [3.05, 3.63) is 65.2 Å². The first kappa shape index (κ1) is 13.6. The van der Waals surface area contributed by atoms with Crippen LogP contribution in [-0.4, -0.2) is 11.8 Å². The molecule has 0 aliphatic rings. The smallest absolute Gasteiger partial charge is 0.164 e. The fraction of sp³-hybridized carbons (Fsp3) is 0.188. The summed E-state index contributed by atoms with van der Waals surface area (Å²) in [5.41, 5.74) is 1.73. The van der Waals surface area contributed by atoms with E-state index in [1.165, 1.54) is 0 Å². The van der Waals surface area contributed by atoms with Crippen LogP contribution in [0.1, 0.15) is 23.7 Å². The Labute approximate surface area is 118 Å². The average Bonchev–Trinajstić information content (AvgIpc) is 2.42. The molecule has 0 aliphatic carbocycles. The van der Waals surface area contributed by atoms with E-state index in [1.807, 2.05) is 61.5 Å². The number of rotatable bonds is 5. The highest BCUT2D eigenvalue weighted by Crippen LogP contribution is 2.15. The van der Waals surface area contributed by atoms with Crippen molar-refractivity contribution in [3.63, 3.8) is 0 Å². The van der Waals surface area contributed by atoms with Crippen molar-refractivity contribution >= 4 is 23.1 Å². The number of halogens is 1. The summed E-state index contributed by atoms with van der Waals surface area (Å²) < 4.78 is 0. The molecule has 1 atom stereocenters. The molecule has 0 bridgehead atoms. The van der Waals surface area contributed by atoms with Crippen LogP contribution in [0.5, 0.6) is 0 Å². The molecule has 0 aliphatic heterocycles. The molecular weight excluding hydrogens is 258 g/mol. The Kier molecular flexibility index (Phi) is 4.58. The Bertz CT molecular complexity index is 536. The molecule has 0 amide bonds. The normalized spacial score (nSPS) is 11.9. The van der Waals surface area contributed by atoms with Crippen molar-refractivity contribution in [2.24, 2.45) is 0 Å². The lowest BCUT2D eigenvalue weighted by Gasteiger charge is -2.14. The number of carbonyl (C=O) groups is 1. The average molecular weight is 274 g/mol. The minimum absolute atomic E-state index is 0.0777. The van der Waals surface area contributed by atoms with Gasteiger partial charge in [0.2, 0.25) is 0 Å². The lowest BCUT2D eigenvalue weighted by molar-refractivity contribution is 0.0978. The summed E-state index contributed by atoms with van der Waals surface area (Å²) in [6.07, 6.45) is 0.465. The Hall–Kier alpha value is -1.80. The van der Waals surface area contributed by atoms with Gasteiger partial charge in [-0.15, -0.1) is 0 Å². The molecule has 0 saturated carbocycles.